The van der Waals surface area contributed by atoms with E-state index in [0.29, 0.717) is 13.0 Å². The minimum Gasteiger partial charge on any atom is -0.309 e. The highest BCUT2D eigenvalue weighted by molar-refractivity contribution is 5.37. The summed E-state index contributed by atoms with van der Waals surface area (Å²) >= 11 is 0. The maximum absolute atomic E-state index is 13.5. The van der Waals surface area contributed by atoms with Gasteiger partial charge in [-0.15, -0.1) is 10.2 Å². The molecular weight excluding hydrogens is 310 g/mol. The molecule has 0 radical (unpaired) electrons. The average Bonchev–Trinajstić information content (AvgIpc) is 2.97. The molecule has 0 aliphatic carbocycles. The van der Waals surface area contributed by atoms with E-state index in [-0.39, 0.29) is 12.0 Å². The summed E-state index contributed by atoms with van der Waals surface area (Å²) in [5.74, 6) is -0.532. The third-order valence-corrected chi connectivity index (χ3v) is 4.07. The molecule has 0 aliphatic rings. The molecule has 24 heavy (non-hydrogen) atoms. The molecule has 0 saturated carbocycles. The SMILES string of the molecule is CC(C)[C@H](NCCc1nnc2ccccn12)c1ccc(F)c(F)c1. The highest BCUT2D eigenvalue weighted by atomic mass is 19.2. The van der Waals surface area contributed by atoms with Gasteiger partial charge < -0.3 is 5.32 Å². The highest BCUT2D eigenvalue weighted by Gasteiger charge is 2.17. The zero-order chi connectivity index (χ0) is 17.1. The predicted octanol–water partition coefficient (Wildman–Crippen LogP) is 3.54. The largest absolute Gasteiger partial charge is 0.309 e. The van der Waals surface area contributed by atoms with Crippen LogP contribution < -0.4 is 5.32 Å². The van der Waals surface area contributed by atoms with Crippen LogP contribution in [0.2, 0.25) is 0 Å². The van der Waals surface area contributed by atoms with Crippen molar-refractivity contribution in [2.24, 2.45) is 5.92 Å². The third kappa shape index (κ3) is 3.43. The normalized spacial score (nSPS) is 12.9. The van der Waals surface area contributed by atoms with Crippen molar-refractivity contribution in [3.8, 4) is 0 Å². The first-order chi connectivity index (χ1) is 11.6. The van der Waals surface area contributed by atoms with Gasteiger partial charge in [-0.25, -0.2) is 8.78 Å². The molecule has 1 N–H and O–H groups in total. The molecule has 2 aromatic heterocycles. The molecule has 3 rings (SSSR count). The van der Waals surface area contributed by atoms with E-state index in [0.717, 1.165) is 17.0 Å². The summed E-state index contributed by atoms with van der Waals surface area (Å²) in [4.78, 5) is 0. The lowest BCUT2D eigenvalue weighted by molar-refractivity contribution is 0.408. The number of nitrogens with one attached hydrogen (secondary N) is 1. The molecule has 0 fully saturated rings. The Bertz CT molecular complexity index is 829. The minimum atomic E-state index is -0.823. The fourth-order valence-electron chi connectivity index (χ4n) is 2.85. The van der Waals surface area contributed by atoms with Gasteiger partial charge in [0.2, 0.25) is 0 Å². The Labute approximate surface area is 139 Å². The van der Waals surface area contributed by atoms with Crippen LogP contribution in [-0.4, -0.2) is 21.1 Å². The molecule has 126 valence electrons. The minimum absolute atomic E-state index is 0.0562. The van der Waals surface area contributed by atoms with Crippen molar-refractivity contribution >= 4 is 5.65 Å². The van der Waals surface area contributed by atoms with E-state index >= 15 is 0 Å². The van der Waals surface area contributed by atoms with Gasteiger partial charge in [0.05, 0.1) is 0 Å². The van der Waals surface area contributed by atoms with Crippen LogP contribution in [0.4, 0.5) is 8.78 Å². The number of pyridine rings is 1. The number of aromatic nitrogens is 3. The van der Waals surface area contributed by atoms with Gasteiger partial charge in [0, 0.05) is 25.2 Å². The second-order valence-corrected chi connectivity index (χ2v) is 6.14. The Kier molecular flexibility index (Phi) is 4.85. The van der Waals surface area contributed by atoms with Crippen molar-refractivity contribution in [3.05, 3.63) is 65.6 Å². The molecule has 3 aromatic rings. The zero-order valence-corrected chi connectivity index (χ0v) is 13.7. The highest BCUT2D eigenvalue weighted by Crippen LogP contribution is 2.23. The third-order valence-electron chi connectivity index (χ3n) is 4.07. The molecule has 0 amide bonds. The summed E-state index contributed by atoms with van der Waals surface area (Å²) in [7, 11) is 0. The predicted molar refractivity (Wildman–Crippen MR) is 88.6 cm³/mol. The van der Waals surface area contributed by atoms with Crippen molar-refractivity contribution in [3.63, 3.8) is 0 Å². The summed E-state index contributed by atoms with van der Waals surface area (Å²) in [6.45, 7) is 4.76. The fraction of sp³-hybridized carbons (Fsp3) is 0.333. The molecule has 4 nitrogen and oxygen atoms in total. The first-order valence-electron chi connectivity index (χ1n) is 8.03. The van der Waals surface area contributed by atoms with Crippen LogP contribution in [0, 0.1) is 17.6 Å². The molecule has 1 aromatic carbocycles. The first kappa shape index (κ1) is 16.5. The Morgan fingerprint density at radius 3 is 2.67 bits per heavy atom. The molecule has 6 heteroatoms. The number of fused-ring (bicyclic) bond motifs is 1. The molecule has 0 spiro atoms. The summed E-state index contributed by atoms with van der Waals surface area (Å²) in [6.07, 6.45) is 2.62. The topological polar surface area (TPSA) is 42.2 Å². The van der Waals surface area contributed by atoms with Gasteiger partial charge in [-0.3, -0.25) is 4.40 Å². The van der Waals surface area contributed by atoms with Crippen LogP contribution in [0.1, 0.15) is 31.3 Å². The smallest absolute Gasteiger partial charge is 0.160 e. The van der Waals surface area contributed by atoms with Crippen molar-refractivity contribution in [1.29, 1.82) is 0 Å². The lowest BCUT2D eigenvalue weighted by Gasteiger charge is -2.23. The van der Waals surface area contributed by atoms with Crippen molar-refractivity contribution in [2.45, 2.75) is 26.3 Å². The van der Waals surface area contributed by atoms with E-state index in [4.69, 9.17) is 0 Å². The van der Waals surface area contributed by atoms with Gasteiger partial charge in [0.15, 0.2) is 17.3 Å². The van der Waals surface area contributed by atoms with Gasteiger partial charge in [-0.05, 0) is 35.7 Å². The Balaban J connectivity index is 1.69. The maximum atomic E-state index is 13.5. The molecule has 0 unspecified atom stereocenters. The van der Waals surface area contributed by atoms with E-state index in [1.807, 2.05) is 42.6 Å². The summed E-state index contributed by atoms with van der Waals surface area (Å²) in [5.41, 5.74) is 1.56. The van der Waals surface area contributed by atoms with Gasteiger partial charge in [0.1, 0.15) is 5.82 Å². The Hall–Kier alpha value is -2.34. The molecular formula is C18H20F2N4. The van der Waals surface area contributed by atoms with Gasteiger partial charge >= 0.3 is 0 Å². The van der Waals surface area contributed by atoms with Crippen LogP contribution in [0.15, 0.2) is 42.6 Å². The van der Waals surface area contributed by atoms with Crippen molar-refractivity contribution in [1.82, 2.24) is 19.9 Å². The van der Waals surface area contributed by atoms with Gasteiger partial charge in [-0.1, -0.05) is 26.0 Å². The van der Waals surface area contributed by atoms with E-state index in [9.17, 15) is 8.78 Å². The van der Waals surface area contributed by atoms with Crippen LogP contribution in [0.5, 0.6) is 0 Å². The molecule has 1 atom stereocenters. The van der Waals surface area contributed by atoms with E-state index in [2.05, 4.69) is 15.5 Å². The second kappa shape index (κ2) is 7.05. The number of hydrogen-bond donors (Lipinski definition) is 1. The van der Waals surface area contributed by atoms with Crippen LogP contribution in [-0.2, 0) is 6.42 Å². The number of hydrogen-bond acceptors (Lipinski definition) is 3. The number of nitrogens with zero attached hydrogens (tertiary/aromatic N) is 3. The lowest BCUT2D eigenvalue weighted by atomic mass is 9.95. The van der Waals surface area contributed by atoms with Crippen LogP contribution >= 0.6 is 0 Å². The fourth-order valence-corrected chi connectivity index (χ4v) is 2.85. The number of halogens is 2. The van der Waals surface area contributed by atoms with Crippen molar-refractivity contribution in [2.75, 3.05) is 6.54 Å². The number of benzene rings is 1. The Morgan fingerprint density at radius 2 is 1.92 bits per heavy atom. The molecule has 2 heterocycles. The molecule has 0 aliphatic heterocycles. The van der Waals surface area contributed by atoms with E-state index in [1.54, 1.807) is 6.07 Å². The molecule has 0 bridgehead atoms. The summed E-state index contributed by atoms with van der Waals surface area (Å²) in [6, 6.07) is 9.77. The number of rotatable bonds is 6. The monoisotopic (exact) mass is 330 g/mol. The van der Waals surface area contributed by atoms with Crippen LogP contribution in [0.25, 0.3) is 5.65 Å². The molecule has 0 saturated heterocycles. The average molecular weight is 330 g/mol. The van der Waals surface area contributed by atoms with E-state index < -0.39 is 11.6 Å². The lowest BCUT2D eigenvalue weighted by Crippen LogP contribution is -2.28. The summed E-state index contributed by atoms with van der Waals surface area (Å²) < 4.78 is 28.6. The first-order valence-corrected chi connectivity index (χ1v) is 8.03. The second-order valence-electron chi connectivity index (χ2n) is 6.14. The summed E-state index contributed by atoms with van der Waals surface area (Å²) in [5, 5.41) is 11.7. The van der Waals surface area contributed by atoms with Gasteiger partial charge in [0.25, 0.3) is 0 Å². The van der Waals surface area contributed by atoms with Crippen LogP contribution in [0.3, 0.4) is 0 Å². The van der Waals surface area contributed by atoms with E-state index in [1.165, 1.54) is 12.1 Å². The zero-order valence-electron chi connectivity index (χ0n) is 13.7. The van der Waals surface area contributed by atoms with Gasteiger partial charge in [-0.2, -0.15) is 0 Å². The van der Waals surface area contributed by atoms with Crippen molar-refractivity contribution < 1.29 is 8.78 Å². The maximum Gasteiger partial charge on any atom is 0.160 e. The quantitative estimate of drug-likeness (QED) is 0.752. The standard InChI is InChI=1S/C18H20F2N4/c1-12(2)18(13-6-7-14(19)15(20)11-13)21-9-8-17-23-22-16-5-3-4-10-24(16)17/h3-7,10-12,18,21H,8-9H2,1-2H3/t18-/m0/s1. The Morgan fingerprint density at radius 1 is 1.08 bits per heavy atom.